The van der Waals surface area contributed by atoms with Crippen LogP contribution >= 0.6 is 46.4 Å². The van der Waals surface area contributed by atoms with Crippen LogP contribution in [0.2, 0.25) is 10.2 Å². The Morgan fingerprint density at radius 2 is 1.24 bits per heavy atom. The van der Waals surface area contributed by atoms with Crippen LogP contribution < -0.4 is 5.32 Å². The molecular weight excluding hydrogens is 774 g/mol. The molecular formula is C38H36Cl4N8O4. The fourth-order valence-electron chi connectivity index (χ4n) is 7.17. The summed E-state index contributed by atoms with van der Waals surface area (Å²) in [5.41, 5.74) is 1.42. The van der Waals surface area contributed by atoms with Crippen LogP contribution in [0.5, 0.6) is 11.5 Å². The van der Waals surface area contributed by atoms with E-state index in [0.29, 0.717) is 22.5 Å². The number of nitrogens with one attached hydrogen (secondary N) is 1. The highest BCUT2D eigenvalue weighted by molar-refractivity contribution is 6.50. The lowest BCUT2D eigenvalue weighted by molar-refractivity contribution is 0.101. The number of Topliss-reactive ketones (excluding diaryl/α,β-unsaturated/α-hetero) is 1. The topological polar surface area (TPSA) is 153 Å². The number of carbonyl (C=O) groups excluding carboxylic acids is 2. The average molecular weight is 811 g/mol. The minimum absolute atomic E-state index is 0.0569. The molecule has 3 heterocycles. The third kappa shape index (κ3) is 7.66. The standard InChI is InChI=1S/C38H36Cl4N8O4/c1-21(39)43-34(36(54)27-15-13-23(17-33(27)52)30-20-49(47-45-30)25-10-6-3-7-11-25)38(42)50-31(18-28(40)37(50)41)35(53)26-14-12-22(16-32(26)51)29-19-48(46-44-29)24-8-4-2-5-9-24/h12-20,24-25,43,51-52H,1-11H2/b38-34+. The van der Waals surface area contributed by atoms with E-state index >= 15 is 0 Å². The van der Waals surface area contributed by atoms with E-state index < -0.39 is 16.7 Å². The van der Waals surface area contributed by atoms with Crippen LogP contribution in [0, 0.1) is 0 Å². The molecule has 0 radical (unpaired) electrons. The van der Waals surface area contributed by atoms with Crippen molar-refractivity contribution in [1.82, 2.24) is 39.9 Å². The number of phenolic OH excluding ortho intramolecular Hbond substituents is 2. The average Bonchev–Trinajstić information content (AvgIpc) is 3.94. The Hall–Kier alpha value is -4.62. The quantitative estimate of drug-likeness (QED) is 0.0673. The molecule has 5 aromatic rings. The normalized spacial score (nSPS) is 15.9. The van der Waals surface area contributed by atoms with E-state index in [4.69, 9.17) is 46.4 Å². The zero-order valence-corrected chi connectivity index (χ0v) is 32.0. The Bertz CT molecular complexity index is 2280. The van der Waals surface area contributed by atoms with Gasteiger partial charge in [0.2, 0.25) is 11.6 Å². The smallest absolute Gasteiger partial charge is 0.216 e. The Labute approximate surface area is 331 Å². The molecule has 280 valence electrons. The highest BCUT2D eigenvalue weighted by Gasteiger charge is 2.29. The molecule has 0 atom stereocenters. The maximum Gasteiger partial charge on any atom is 0.216 e. The number of hydrogen-bond donors (Lipinski definition) is 3. The second-order valence-corrected chi connectivity index (χ2v) is 15.2. The summed E-state index contributed by atoms with van der Waals surface area (Å²) in [4.78, 5) is 28.1. The molecule has 0 unspecified atom stereocenters. The number of carbonyl (C=O) groups is 2. The summed E-state index contributed by atoms with van der Waals surface area (Å²) in [6.07, 6.45) is 14.8. The van der Waals surface area contributed by atoms with Crippen molar-refractivity contribution in [3.05, 3.63) is 99.3 Å². The van der Waals surface area contributed by atoms with Crippen LogP contribution in [0.1, 0.15) is 103 Å². The van der Waals surface area contributed by atoms with Crippen LogP contribution in [0.15, 0.2) is 72.3 Å². The van der Waals surface area contributed by atoms with Gasteiger partial charge in [0.05, 0.1) is 51.5 Å². The first kappa shape index (κ1) is 37.7. The Kier molecular flexibility index (Phi) is 11.2. The maximum atomic E-state index is 14.0. The van der Waals surface area contributed by atoms with Crippen LogP contribution in [0.3, 0.4) is 0 Å². The Morgan fingerprint density at radius 3 is 1.72 bits per heavy atom. The van der Waals surface area contributed by atoms with Crippen molar-refractivity contribution in [2.24, 2.45) is 0 Å². The first-order valence-corrected chi connectivity index (χ1v) is 19.2. The third-order valence-electron chi connectivity index (χ3n) is 10.0. The number of ketones is 2. The molecule has 2 fully saturated rings. The minimum Gasteiger partial charge on any atom is -0.507 e. The van der Waals surface area contributed by atoms with Gasteiger partial charge in [-0.1, -0.05) is 114 Å². The second kappa shape index (κ2) is 16.0. The molecule has 54 heavy (non-hydrogen) atoms. The highest BCUT2D eigenvalue weighted by Crippen LogP contribution is 2.37. The van der Waals surface area contributed by atoms with Gasteiger partial charge in [-0.05, 0) is 56.0 Å². The summed E-state index contributed by atoms with van der Waals surface area (Å²) in [5, 5.41) is 41.1. The summed E-state index contributed by atoms with van der Waals surface area (Å²) in [7, 11) is 0. The molecule has 0 saturated heterocycles. The van der Waals surface area contributed by atoms with Gasteiger partial charge in [0.1, 0.15) is 38.9 Å². The van der Waals surface area contributed by atoms with Gasteiger partial charge in [-0.25, -0.2) is 9.36 Å². The SMILES string of the molecule is C=C(Cl)N/C(C(=O)c1ccc(-c2cn(C3CCCCC3)nn2)cc1O)=C(\Cl)n1c(C(=O)c2ccc(-c3cn(C4CCCCC4)nn3)cc2O)cc(Cl)c1Cl. The maximum absolute atomic E-state index is 14.0. The van der Waals surface area contributed by atoms with E-state index in [-0.39, 0.29) is 61.4 Å². The highest BCUT2D eigenvalue weighted by atomic mass is 35.5. The van der Waals surface area contributed by atoms with Gasteiger partial charge < -0.3 is 15.5 Å². The number of aromatic nitrogens is 7. The molecule has 2 aliphatic carbocycles. The summed E-state index contributed by atoms with van der Waals surface area (Å²) in [6, 6.07) is 10.8. The lowest BCUT2D eigenvalue weighted by Gasteiger charge is -2.20. The molecule has 2 saturated carbocycles. The summed E-state index contributed by atoms with van der Waals surface area (Å²) in [6.45, 7) is 3.62. The minimum atomic E-state index is -0.801. The molecule has 0 amide bonds. The zero-order chi connectivity index (χ0) is 38.1. The van der Waals surface area contributed by atoms with Crippen LogP contribution in [-0.4, -0.2) is 56.3 Å². The van der Waals surface area contributed by atoms with Crippen LogP contribution in [0.25, 0.3) is 27.7 Å². The first-order chi connectivity index (χ1) is 26.0. The van der Waals surface area contributed by atoms with Gasteiger partial charge in [0, 0.05) is 11.1 Å². The molecule has 16 heteroatoms. The van der Waals surface area contributed by atoms with Gasteiger partial charge in [0.25, 0.3) is 0 Å². The molecule has 7 rings (SSSR count). The lowest BCUT2D eigenvalue weighted by Crippen LogP contribution is -2.22. The number of allylic oxidation sites excluding steroid dienone is 1. The predicted octanol–water partition coefficient (Wildman–Crippen LogP) is 9.51. The van der Waals surface area contributed by atoms with Crippen molar-refractivity contribution >= 4 is 63.1 Å². The van der Waals surface area contributed by atoms with Gasteiger partial charge in [-0.2, -0.15) is 0 Å². The second-order valence-electron chi connectivity index (χ2n) is 13.6. The van der Waals surface area contributed by atoms with Crippen molar-refractivity contribution < 1.29 is 19.8 Å². The fraction of sp³-hybridized carbons (Fsp3) is 0.316. The predicted molar refractivity (Wildman–Crippen MR) is 208 cm³/mol. The van der Waals surface area contributed by atoms with Crippen molar-refractivity contribution in [1.29, 1.82) is 0 Å². The number of hydrogen-bond acceptors (Lipinski definition) is 9. The van der Waals surface area contributed by atoms with Gasteiger partial charge in [0.15, 0.2) is 0 Å². The van der Waals surface area contributed by atoms with E-state index in [0.717, 1.165) is 55.9 Å². The Morgan fingerprint density at radius 1 is 0.741 bits per heavy atom. The first-order valence-electron chi connectivity index (χ1n) is 17.7. The summed E-state index contributed by atoms with van der Waals surface area (Å²) < 4.78 is 4.76. The number of nitrogens with zero attached hydrogens (tertiary/aromatic N) is 7. The lowest BCUT2D eigenvalue weighted by atomic mass is 9.96. The number of benzene rings is 2. The largest absolute Gasteiger partial charge is 0.507 e. The molecule has 0 aliphatic heterocycles. The molecule has 0 spiro atoms. The summed E-state index contributed by atoms with van der Waals surface area (Å²) >= 11 is 26.0. The number of rotatable bonds is 11. The Balaban J connectivity index is 1.18. The molecule has 12 nitrogen and oxygen atoms in total. The fourth-order valence-corrected chi connectivity index (χ4v) is 8.03. The van der Waals surface area contributed by atoms with E-state index in [1.165, 1.54) is 43.2 Å². The van der Waals surface area contributed by atoms with E-state index in [1.807, 2.05) is 21.8 Å². The van der Waals surface area contributed by atoms with E-state index in [2.05, 4.69) is 32.5 Å². The van der Waals surface area contributed by atoms with Crippen LogP contribution in [-0.2, 0) is 0 Å². The van der Waals surface area contributed by atoms with Crippen molar-refractivity contribution in [3.8, 4) is 34.0 Å². The van der Waals surface area contributed by atoms with Gasteiger partial charge >= 0.3 is 0 Å². The zero-order valence-electron chi connectivity index (χ0n) is 29.0. The molecule has 3 aromatic heterocycles. The number of aromatic hydroxyl groups is 2. The molecule has 2 aromatic carbocycles. The van der Waals surface area contributed by atoms with Gasteiger partial charge in [-0.15, -0.1) is 10.2 Å². The van der Waals surface area contributed by atoms with Gasteiger partial charge in [-0.3, -0.25) is 14.2 Å². The number of halogens is 4. The molecule has 0 bridgehead atoms. The number of phenols is 2. The van der Waals surface area contributed by atoms with E-state index in [1.54, 1.807) is 12.1 Å². The van der Waals surface area contributed by atoms with E-state index in [9.17, 15) is 19.8 Å². The molecule has 3 N–H and O–H groups in total. The van der Waals surface area contributed by atoms with Crippen molar-refractivity contribution in [2.75, 3.05) is 0 Å². The monoisotopic (exact) mass is 808 g/mol. The summed E-state index contributed by atoms with van der Waals surface area (Å²) in [5.74, 6) is -2.21. The van der Waals surface area contributed by atoms with Crippen molar-refractivity contribution in [3.63, 3.8) is 0 Å². The third-order valence-corrected chi connectivity index (χ3v) is 11.2. The van der Waals surface area contributed by atoms with Crippen molar-refractivity contribution in [2.45, 2.75) is 76.3 Å². The molecule has 2 aliphatic rings. The van der Waals surface area contributed by atoms with Crippen LogP contribution in [0.4, 0.5) is 0 Å².